The van der Waals surface area contributed by atoms with Gasteiger partial charge in [-0.05, 0) is 26.0 Å². The average molecular weight is 247 g/mol. The van der Waals surface area contributed by atoms with Crippen LogP contribution in [0.25, 0.3) is 0 Å². The molecule has 1 aromatic carbocycles. The molecule has 2 N–H and O–H groups in total. The van der Waals surface area contributed by atoms with Gasteiger partial charge in [-0.3, -0.25) is 0 Å². The van der Waals surface area contributed by atoms with Crippen molar-refractivity contribution in [1.29, 1.82) is 5.26 Å². The summed E-state index contributed by atoms with van der Waals surface area (Å²) >= 11 is 0. The van der Waals surface area contributed by atoms with Gasteiger partial charge in [0.2, 0.25) is 0 Å². The minimum absolute atomic E-state index is 0.118. The minimum Gasteiger partial charge on any atom is -0.496 e. The Kier molecular flexibility index (Phi) is 4.99. The van der Waals surface area contributed by atoms with E-state index in [-0.39, 0.29) is 12.1 Å². The molecule has 0 spiro atoms. The Morgan fingerprint density at radius 3 is 2.61 bits per heavy atom. The number of hydrogen-bond donors (Lipinski definition) is 1. The molecule has 1 unspecified atom stereocenters. The molecule has 0 saturated heterocycles. The first-order valence-corrected chi connectivity index (χ1v) is 6.05. The van der Waals surface area contributed by atoms with E-state index in [0.717, 1.165) is 17.0 Å². The van der Waals surface area contributed by atoms with Crippen molar-refractivity contribution in [3.05, 3.63) is 23.8 Å². The summed E-state index contributed by atoms with van der Waals surface area (Å²) in [5, 5.41) is 8.79. The van der Waals surface area contributed by atoms with Gasteiger partial charge in [-0.1, -0.05) is 6.07 Å². The standard InChI is InChI=1S/C14H21N3O/c1-10(8-9-15)17(3)12-6-5-7-13(18-4)14(12)11(2)16/h5-7,10-11H,8,16H2,1-4H3/t10?,11-/m1/s1. The van der Waals surface area contributed by atoms with Crippen molar-refractivity contribution in [3.63, 3.8) is 0 Å². The van der Waals surface area contributed by atoms with Crippen LogP contribution in [0.5, 0.6) is 5.75 Å². The Hall–Kier alpha value is -1.73. The predicted octanol–water partition coefficient (Wildman–Crippen LogP) is 2.45. The number of ether oxygens (including phenoxy) is 1. The first kappa shape index (κ1) is 14.3. The summed E-state index contributed by atoms with van der Waals surface area (Å²) in [6.07, 6.45) is 0.478. The molecule has 0 aliphatic rings. The van der Waals surface area contributed by atoms with E-state index in [0.29, 0.717) is 6.42 Å². The Labute approximate surface area is 109 Å². The number of nitriles is 1. The zero-order valence-corrected chi connectivity index (χ0v) is 11.5. The summed E-state index contributed by atoms with van der Waals surface area (Å²) in [5.41, 5.74) is 8.03. The van der Waals surface area contributed by atoms with Gasteiger partial charge in [0, 0.05) is 30.4 Å². The van der Waals surface area contributed by atoms with E-state index in [2.05, 4.69) is 11.0 Å². The van der Waals surface area contributed by atoms with Crippen molar-refractivity contribution < 1.29 is 4.74 Å². The van der Waals surface area contributed by atoms with Crippen molar-refractivity contribution >= 4 is 5.69 Å². The molecule has 0 bridgehead atoms. The van der Waals surface area contributed by atoms with E-state index >= 15 is 0 Å². The normalized spacial score (nSPS) is 13.6. The second kappa shape index (κ2) is 6.27. The van der Waals surface area contributed by atoms with Gasteiger partial charge in [0.15, 0.2) is 0 Å². The number of benzene rings is 1. The zero-order chi connectivity index (χ0) is 13.7. The molecular weight excluding hydrogens is 226 g/mol. The fourth-order valence-electron chi connectivity index (χ4n) is 1.98. The fourth-order valence-corrected chi connectivity index (χ4v) is 1.98. The molecule has 0 aliphatic heterocycles. The first-order valence-electron chi connectivity index (χ1n) is 6.05. The van der Waals surface area contributed by atoms with Crippen LogP contribution in [0.2, 0.25) is 0 Å². The molecule has 2 atom stereocenters. The van der Waals surface area contributed by atoms with Crippen LogP contribution in [0.3, 0.4) is 0 Å². The van der Waals surface area contributed by atoms with Crippen molar-refractivity contribution in [2.24, 2.45) is 5.73 Å². The second-order valence-electron chi connectivity index (χ2n) is 4.50. The molecule has 0 aromatic heterocycles. The molecule has 4 heteroatoms. The summed E-state index contributed by atoms with van der Waals surface area (Å²) in [4.78, 5) is 2.07. The zero-order valence-electron chi connectivity index (χ0n) is 11.5. The van der Waals surface area contributed by atoms with E-state index in [1.807, 2.05) is 39.1 Å². The van der Waals surface area contributed by atoms with Gasteiger partial charge in [0.05, 0.1) is 19.6 Å². The van der Waals surface area contributed by atoms with E-state index in [4.69, 9.17) is 15.7 Å². The highest BCUT2D eigenvalue weighted by molar-refractivity contribution is 5.60. The van der Waals surface area contributed by atoms with Crippen LogP contribution in [0.4, 0.5) is 5.69 Å². The monoisotopic (exact) mass is 247 g/mol. The van der Waals surface area contributed by atoms with Crippen LogP contribution in [-0.4, -0.2) is 20.2 Å². The number of hydrogen-bond acceptors (Lipinski definition) is 4. The number of anilines is 1. The third-order valence-corrected chi connectivity index (χ3v) is 3.15. The molecule has 0 aliphatic carbocycles. The molecule has 0 radical (unpaired) electrons. The van der Waals surface area contributed by atoms with Gasteiger partial charge in [-0.2, -0.15) is 5.26 Å². The largest absolute Gasteiger partial charge is 0.496 e. The Bertz CT molecular complexity index is 437. The number of nitrogens with zero attached hydrogens (tertiary/aromatic N) is 2. The van der Waals surface area contributed by atoms with Crippen LogP contribution < -0.4 is 15.4 Å². The molecule has 0 fully saturated rings. The maximum absolute atomic E-state index is 8.79. The van der Waals surface area contributed by atoms with Gasteiger partial charge in [0.1, 0.15) is 5.75 Å². The van der Waals surface area contributed by atoms with Crippen LogP contribution >= 0.6 is 0 Å². The number of rotatable bonds is 5. The highest BCUT2D eigenvalue weighted by Crippen LogP contribution is 2.34. The van der Waals surface area contributed by atoms with Crippen molar-refractivity contribution in [3.8, 4) is 11.8 Å². The van der Waals surface area contributed by atoms with E-state index in [1.54, 1.807) is 7.11 Å². The summed E-state index contributed by atoms with van der Waals surface area (Å²) in [6, 6.07) is 8.07. The van der Waals surface area contributed by atoms with Crippen LogP contribution in [0.15, 0.2) is 18.2 Å². The van der Waals surface area contributed by atoms with Crippen LogP contribution in [-0.2, 0) is 0 Å². The van der Waals surface area contributed by atoms with E-state index in [9.17, 15) is 0 Å². The quantitative estimate of drug-likeness (QED) is 0.868. The lowest BCUT2D eigenvalue weighted by molar-refractivity contribution is 0.407. The molecule has 0 amide bonds. The number of methoxy groups -OCH3 is 1. The second-order valence-corrected chi connectivity index (χ2v) is 4.50. The van der Waals surface area contributed by atoms with E-state index < -0.39 is 0 Å². The molecular formula is C14H21N3O. The molecule has 0 heterocycles. The van der Waals surface area contributed by atoms with Crippen molar-refractivity contribution in [1.82, 2.24) is 0 Å². The SMILES string of the molecule is COc1cccc(N(C)C(C)CC#N)c1[C@@H](C)N. The summed E-state index contributed by atoms with van der Waals surface area (Å²) in [7, 11) is 3.62. The van der Waals surface area contributed by atoms with E-state index in [1.165, 1.54) is 0 Å². The Balaban J connectivity index is 3.19. The molecule has 0 saturated carbocycles. The predicted molar refractivity (Wildman–Crippen MR) is 73.7 cm³/mol. The third kappa shape index (κ3) is 2.93. The Morgan fingerprint density at radius 2 is 2.11 bits per heavy atom. The van der Waals surface area contributed by atoms with Gasteiger partial charge >= 0.3 is 0 Å². The minimum atomic E-state index is -0.118. The van der Waals surface area contributed by atoms with Crippen LogP contribution in [0.1, 0.15) is 31.9 Å². The lowest BCUT2D eigenvalue weighted by Crippen LogP contribution is -2.30. The molecule has 98 valence electrons. The smallest absolute Gasteiger partial charge is 0.125 e. The summed E-state index contributed by atoms with van der Waals surface area (Å²) in [5.74, 6) is 0.790. The summed E-state index contributed by atoms with van der Waals surface area (Å²) in [6.45, 7) is 3.96. The highest BCUT2D eigenvalue weighted by atomic mass is 16.5. The van der Waals surface area contributed by atoms with Gasteiger partial charge in [0.25, 0.3) is 0 Å². The summed E-state index contributed by atoms with van der Waals surface area (Å²) < 4.78 is 5.37. The Morgan fingerprint density at radius 1 is 1.44 bits per heavy atom. The lowest BCUT2D eigenvalue weighted by atomic mass is 10.0. The molecule has 1 aromatic rings. The van der Waals surface area contributed by atoms with Crippen molar-refractivity contribution in [2.75, 3.05) is 19.1 Å². The van der Waals surface area contributed by atoms with Crippen LogP contribution in [0, 0.1) is 11.3 Å². The topological polar surface area (TPSA) is 62.3 Å². The maximum Gasteiger partial charge on any atom is 0.125 e. The maximum atomic E-state index is 8.79. The van der Waals surface area contributed by atoms with Crippen molar-refractivity contribution in [2.45, 2.75) is 32.4 Å². The van der Waals surface area contributed by atoms with Gasteiger partial charge in [-0.25, -0.2) is 0 Å². The molecule has 1 rings (SSSR count). The molecule has 18 heavy (non-hydrogen) atoms. The highest BCUT2D eigenvalue weighted by Gasteiger charge is 2.18. The van der Waals surface area contributed by atoms with Gasteiger partial charge < -0.3 is 15.4 Å². The lowest BCUT2D eigenvalue weighted by Gasteiger charge is -2.29. The third-order valence-electron chi connectivity index (χ3n) is 3.15. The van der Waals surface area contributed by atoms with Gasteiger partial charge in [-0.15, -0.1) is 0 Å². The average Bonchev–Trinajstić information content (AvgIpc) is 2.36. The molecule has 4 nitrogen and oxygen atoms in total. The fraction of sp³-hybridized carbons (Fsp3) is 0.500. The number of nitrogens with two attached hydrogens (primary N) is 1. The first-order chi connectivity index (χ1) is 8.52.